The molecule has 0 aliphatic carbocycles. The Hall–Kier alpha value is -0.800. The normalized spacial score (nSPS) is 10.5. The Bertz CT molecular complexity index is 374. The SMILES string of the molecule is COC(=O)C=Cc1ccc(Cl)c(Br)c1. The third kappa shape index (κ3) is 3.16. The molecule has 0 unspecified atom stereocenters. The summed E-state index contributed by atoms with van der Waals surface area (Å²) in [6, 6.07) is 5.39. The van der Waals surface area contributed by atoms with E-state index in [4.69, 9.17) is 11.6 Å². The zero-order valence-electron chi connectivity index (χ0n) is 7.46. The molecule has 0 aliphatic rings. The summed E-state index contributed by atoms with van der Waals surface area (Å²) >= 11 is 9.10. The van der Waals surface area contributed by atoms with E-state index in [0.29, 0.717) is 5.02 Å². The Morgan fingerprint density at radius 1 is 1.57 bits per heavy atom. The molecule has 4 heteroatoms. The van der Waals surface area contributed by atoms with Crippen molar-refractivity contribution in [3.05, 3.63) is 39.3 Å². The van der Waals surface area contributed by atoms with Crippen LogP contribution in [0, 0.1) is 0 Å². The van der Waals surface area contributed by atoms with E-state index in [2.05, 4.69) is 20.7 Å². The first-order chi connectivity index (χ1) is 6.63. The average molecular weight is 276 g/mol. The largest absolute Gasteiger partial charge is 0.466 e. The van der Waals surface area contributed by atoms with E-state index in [1.54, 1.807) is 12.1 Å². The monoisotopic (exact) mass is 274 g/mol. The minimum Gasteiger partial charge on any atom is -0.466 e. The summed E-state index contributed by atoms with van der Waals surface area (Å²) in [5.41, 5.74) is 0.881. The molecule has 0 spiro atoms. The van der Waals surface area contributed by atoms with E-state index in [9.17, 15) is 4.79 Å². The number of carbonyl (C=O) groups excluding carboxylic acids is 1. The molecule has 1 aromatic rings. The van der Waals surface area contributed by atoms with Gasteiger partial charge in [0.1, 0.15) is 0 Å². The zero-order valence-corrected chi connectivity index (χ0v) is 9.80. The highest BCUT2D eigenvalue weighted by Gasteiger charge is 1.97. The van der Waals surface area contributed by atoms with Crippen LogP contribution in [0.25, 0.3) is 6.08 Å². The predicted octanol–water partition coefficient (Wildman–Crippen LogP) is 3.29. The van der Waals surface area contributed by atoms with Crippen LogP contribution in [0.4, 0.5) is 0 Å². The van der Waals surface area contributed by atoms with E-state index in [1.165, 1.54) is 13.2 Å². The molecular weight excluding hydrogens is 267 g/mol. The van der Waals surface area contributed by atoms with Crippen molar-refractivity contribution < 1.29 is 9.53 Å². The van der Waals surface area contributed by atoms with Gasteiger partial charge in [0, 0.05) is 10.5 Å². The van der Waals surface area contributed by atoms with Gasteiger partial charge in [0.2, 0.25) is 0 Å². The zero-order chi connectivity index (χ0) is 10.6. The number of hydrogen-bond donors (Lipinski definition) is 0. The maximum atomic E-state index is 10.8. The van der Waals surface area contributed by atoms with Gasteiger partial charge in [-0.1, -0.05) is 17.7 Å². The Morgan fingerprint density at radius 3 is 2.86 bits per heavy atom. The fourth-order valence-corrected chi connectivity index (χ4v) is 1.36. The minimum absolute atomic E-state index is 0.379. The molecule has 0 saturated carbocycles. The van der Waals surface area contributed by atoms with Crippen LogP contribution in [0.5, 0.6) is 0 Å². The van der Waals surface area contributed by atoms with E-state index >= 15 is 0 Å². The van der Waals surface area contributed by atoms with Crippen LogP contribution in [-0.4, -0.2) is 13.1 Å². The highest BCUT2D eigenvalue weighted by molar-refractivity contribution is 9.10. The van der Waals surface area contributed by atoms with Gasteiger partial charge in [-0.2, -0.15) is 0 Å². The molecule has 1 aromatic carbocycles. The third-order valence-electron chi connectivity index (χ3n) is 1.56. The number of esters is 1. The number of rotatable bonds is 2. The summed E-state index contributed by atoms with van der Waals surface area (Å²) in [6.45, 7) is 0. The Labute approximate surface area is 95.6 Å². The molecule has 0 atom stereocenters. The standard InChI is InChI=1S/C10H8BrClO2/c1-14-10(13)5-3-7-2-4-9(12)8(11)6-7/h2-6H,1H3. The van der Waals surface area contributed by atoms with Crippen LogP contribution >= 0.6 is 27.5 Å². The number of benzene rings is 1. The first kappa shape index (κ1) is 11.3. The molecule has 0 fully saturated rings. The number of ether oxygens (including phenoxy) is 1. The van der Waals surface area contributed by atoms with Crippen LogP contribution in [0.15, 0.2) is 28.7 Å². The smallest absolute Gasteiger partial charge is 0.330 e. The van der Waals surface area contributed by atoms with Gasteiger partial charge in [0.25, 0.3) is 0 Å². The van der Waals surface area contributed by atoms with Gasteiger partial charge in [-0.3, -0.25) is 0 Å². The Balaban J connectivity index is 2.83. The van der Waals surface area contributed by atoms with Gasteiger partial charge >= 0.3 is 5.97 Å². The molecule has 0 aliphatic heterocycles. The quantitative estimate of drug-likeness (QED) is 0.611. The molecule has 14 heavy (non-hydrogen) atoms. The fraction of sp³-hybridized carbons (Fsp3) is 0.100. The maximum Gasteiger partial charge on any atom is 0.330 e. The highest BCUT2D eigenvalue weighted by atomic mass is 79.9. The molecule has 0 heterocycles. The van der Waals surface area contributed by atoms with Crippen molar-refractivity contribution in [2.75, 3.05) is 7.11 Å². The molecule has 0 saturated heterocycles. The second-order valence-corrected chi connectivity index (χ2v) is 3.79. The molecule has 0 N–H and O–H groups in total. The Kier molecular flexibility index (Phi) is 4.17. The summed E-state index contributed by atoms with van der Waals surface area (Å²) in [5.74, 6) is -0.379. The summed E-state index contributed by atoms with van der Waals surface area (Å²) in [4.78, 5) is 10.8. The van der Waals surface area contributed by atoms with Gasteiger partial charge in [-0.05, 0) is 39.7 Å². The molecular formula is C10H8BrClO2. The van der Waals surface area contributed by atoms with Gasteiger partial charge < -0.3 is 4.74 Å². The van der Waals surface area contributed by atoms with E-state index in [-0.39, 0.29) is 5.97 Å². The van der Waals surface area contributed by atoms with Crippen molar-refractivity contribution in [2.24, 2.45) is 0 Å². The molecule has 74 valence electrons. The van der Waals surface area contributed by atoms with Gasteiger partial charge in [0.15, 0.2) is 0 Å². The van der Waals surface area contributed by atoms with Crippen LogP contribution in [0.2, 0.25) is 5.02 Å². The molecule has 0 aromatic heterocycles. The molecule has 0 bridgehead atoms. The van der Waals surface area contributed by atoms with Crippen molar-refractivity contribution >= 4 is 39.6 Å². The van der Waals surface area contributed by atoms with Crippen molar-refractivity contribution in [1.29, 1.82) is 0 Å². The number of hydrogen-bond acceptors (Lipinski definition) is 2. The lowest BCUT2D eigenvalue weighted by Crippen LogP contribution is -1.93. The van der Waals surface area contributed by atoms with Gasteiger partial charge in [0.05, 0.1) is 12.1 Å². The predicted molar refractivity (Wildman–Crippen MR) is 60.2 cm³/mol. The molecule has 0 radical (unpaired) electrons. The van der Waals surface area contributed by atoms with E-state index in [1.807, 2.05) is 12.1 Å². The number of halogens is 2. The molecule has 0 amide bonds. The molecule has 1 rings (SSSR count). The van der Waals surface area contributed by atoms with Crippen LogP contribution < -0.4 is 0 Å². The van der Waals surface area contributed by atoms with Gasteiger partial charge in [-0.15, -0.1) is 0 Å². The van der Waals surface area contributed by atoms with Gasteiger partial charge in [-0.25, -0.2) is 4.79 Å². The van der Waals surface area contributed by atoms with Crippen molar-refractivity contribution in [3.63, 3.8) is 0 Å². The van der Waals surface area contributed by atoms with Crippen LogP contribution in [0.1, 0.15) is 5.56 Å². The van der Waals surface area contributed by atoms with Crippen LogP contribution in [-0.2, 0) is 9.53 Å². The summed E-state index contributed by atoms with van der Waals surface area (Å²) in [6.07, 6.45) is 3.02. The number of methoxy groups -OCH3 is 1. The lowest BCUT2D eigenvalue weighted by molar-refractivity contribution is -0.134. The van der Waals surface area contributed by atoms with Crippen molar-refractivity contribution in [1.82, 2.24) is 0 Å². The lowest BCUT2D eigenvalue weighted by atomic mass is 10.2. The summed E-state index contributed by atoms with van der Waals surface area (Å²) in [5, 5.41) is 0.639. The highest BCUT2D eigenvalue weighted by Crippen LogP contribution is 2.23. The average Bonchev–Trinajstić information content (AvgIpc) is 2.19. The molecule has 2 nitrogen and oxygen atoms in total. The van der Waals surface area contributed by atoms with Crippen molar-refractivity contribution in [3.8, 4) is 0 Å². The van der Waals surface area contributed by atoms with E-state index in [0.717, 1.165) is 10.0 Å². The lowest BCUT2D eigenvalue weighted by Gasteiger charge is -1.97. The summed E-state index contributed by atoms with van der Waals surface area (Å²) < 4.78 is 5.26. The number of carbonyl (C=O) groups is 1. The third-order valence-corrected chi connectivity index (χ3v) is 2.77. The minimum atomic E-state index is -0.379. The van der Waals surface area contributed by atoms with E-state index < -0.39 is 0 Å². The second-order valence-electron chi connectivity index (χ2n) is 2.53. The second kappa shape index (κ2) is 5.17. The summed E-state index contributed by atoms with van der Waals surface area (Å²) in [7, 11) is 1.34. The Morgan fingerprint density at radius 2 is 2.29 bits per heavy atom. The first-order valence-electron chi connectivity index (χ1n) is 3.84. The topological polar surface area (TPSA) is 26.3 Å². The first-order valence-corrected chi connectivity index (χ1v) is 5.01. The van der Waals surface area contributed by atoms with Crippen molar-refractivity contribution in [2.45, 2.75) is 0 Å². The van der Waals surface area contributed by atoms with Crippen LogP contribution in [0.3, 0.4) is 0 Å². The fourth-order valence-electron chi connectivity index (χ4n) is 0.848. The maximum absolute atomic E-state index is 10.8.